The molecule has 1 aromatic heterocycles. The predicted molar refractivity (Wildman–Crippen MR) is 82.3 cm³/mol. The van der Waals surface area contributed by atoms with E-state index in [9.17, 15) is 4.79 Å². The van der Waals surface area contributed by atoms with E-state index in [2.05, 4.69) is 4.98 Å². The van der Waals surface area contributed by atoms with E-state index in [1.54, 1.807) is 7.11 Å². The van der Waals surface area contributed by atoms with E-state index in [-0.39, 0.29) is 5.56 Å². The number of methoxy groups -OCH3 is 1. The van der Waals surface area contributed by atoms with Gasteiger partial charge in [0.25, 0.3) is 5.56 Å². The van der Waals surface area contributed by atoms with Crippen LogP contribution in [0, 0.1) is 0 Å². The van der Waals surface area contributed by atoms with Gasteiger partial charge in [-0.3, -0.25) is 4.79 Å². The number of aromatic amines is 1. The Kier molecular flexibility index (Phi) is 4.15. The molecule has 1 heterocycles. The van der Waals surface area contributed by atoms with Crippen LogP contribution in [0.25, 0.3) is 11.4 Å². The van der Waals surface area contributed by atoms with E-state index in [1.807, 2.05) is 24.3 Å². The van der Waals surface area contributed by atoms with Crippen molar-refractivity contribution in [3.8, 4) is 11.4 Å². The molecule has 3 rings (SSSR count). The maximum atomic E-state index is 12.4. The first-order valence-electron chi connectivity index (χ1n) is 7.49. The summed E-state index contributed by atoms with van der Waals surface area (Å²) in [4.78, 5) is 20.0. The van der Waals surface area contributed by atoms with Crippen LogP contribution in [0.2, 0.25) is 0 Å². The Labute approximate surface area is 124 Å². The van der Waals surface area contributed by atoms with Crippen LogP contribution >= 0.6 is 0 Å². The smallest absolute Gasteiger partial charge is 0.254 e. The van der Waals surface area contributed by atoms with E-state index < -0.39 is 0 Å². The Bertz CT molecular complexity index is 691. The van der Waals surface area contributed by atoms with Gasteiger partial charge in [-0.2, -0.15) is 0 Å². The highest BCUT2D eigenvalue weighted by atomic mass is 16.5. The molecule has 0 fully saturated rings. The van der Waals surface area contributed by atoms with Gasteiger partial charge in [-0.1, -0.05) is 30.7 Å². The standard InChI is InChI=1S/C17H20N2O2/c1-21-11-12-7-5-6-8-13(12)16-18-15-10-4-2-3-9-14(15)17(20)19-16/h5-8H,2-4,9-11H2,1H3,(H,18,19,20). The van der Waals surface area contributed by atoms with Crippen molar-refractivity contribution in [3.05, 3.63) is 51.4 Å². The summed E-state index contributed by atoms with van der Waals surface area (Å²) in [7, 11) is 1.67. The zero-order chi connectivity index (χ0) is 14.7. The van der Waals surface area contributed by atoms with Crippen LogP contribution in [0.1, 0.15) is 36.1 Å². The number of ether oxygens (including phenoxy) is 1. The lowest BCUT2D eigenvalue weighted by Gasteiger charge is -2.11. The van der Waals surface area contributed by atoms with Crippen LogP contribution in [0.5, 0.6) is 0 Å². The molecule has 0 amide bonds. The van der Waals surface area contributed by atoms with Gasteiger partial charge >= 0.3 is 0 Å². The number of benzene rings is 1. The lowest BCUT2D eigenvalue weighted by atomic mass is 10.1. The summed E-state index contributed by atoms with van der Waals surface area (Å²) in [6.07, 6.45) is 5.11. The molecule has 0 aliphatic heterocycles. The van der Waals surface area contributed by atoms with Crippen LogP contribution in [0.3, 0.4) is 0 Å². The monoisotopic (exact) mass is 284 g/mol. The Morgan fingerprint density at radius 3 is 2.86 bits per heavy atom. The van der Waals surface area contributed by atoms with Gasteiger partial charge in [0.05, 0.1) is 12.3 Å². The Morgan fingerprint density at radius 1 is 1.19 bits per heavy atom. The molecular formula is C17H20N2O2. The van der Waals surface area contributed by atoms with Crippen LogP contribution in [0.15, 0.2) is 29.1 Å². The van der Waals surface area contributed by atoms with E-state index in [4.69, 9.17) is 9.72 Å². The molecule has 0 atom stereocenters. The molecule has 110 valence electrons. The molecule has 0 radical (unpaired) electrons. The Morgan fingerprint density at radius 2 is 2.00 bits per heavy atom. The molecule has 2 aromatic rings. The first-order valence-corrected chi connectivity index (χ1v) is 7.49. The highest BCUT2D eigenvalue weighted by Gasteiger charge is 2.16. The number of H-pyrrole nitrogens is 1. The Hall–Kier alpha value is -1.94. The molecule has 1 aliphatic rings. The lowest BCUT2D eigenvalue weighted by molar-refractivity contribution is 0.185. The number of nitrogens with one attached hydrogen (secondary N) is 1. The largest absolute Gasteiger partial charge is 0.380 e. The number of fused-ring (bicyclic) bond motifs is 1. The molecule has 4 nitrogen and oxygen atoms in total. The summed E-state index contributed by atoms with van der Waals surface area (Å²) in [5, 5.41) is 0. The molecule has 0 saturated heterocycles. The van der Waals surface area contributed by atoms with Gasteiger partial charge in [0.2, 0.25) is 0 Å². The summed E-state index contributed by atoms with van der Waals surface area (Å²) in [6, 6.07) is 7.92. The number of hydrogen-bond donors (Lipinski definition) is 1. The van der Waals surface area contributed by atoms with Crippen molar-refractivity contribution in [2.24, 2.45) is 0 Å². The first kappa shape index (κ1) is 14.0. The van der Waals surface area contributed by atoms with Gasteiger partial charge in [-0.05, 0) is 31.2 Å². The molecule has 4 heteroatoms. The molecular weight excluding hydrogens is 264 g/mol. The molecule has 0 unspecified atom stereocenters. The molecule has 1 N–H and O–H groups in total. The minimum absolute atomic E-state index is 0.0177. The third-order valence-electron chi connectivity index (χ3n) is 4.01. The number of hydrogen-bond acceptors (Lipinski definition) is 3. The molecule has 0 spiro atoms. The quantitative estimate of drug-likeness (QED) is 0.882. The molecule has 21 heavy (non-hydrogen) atoms. The second-order valence-electron chi connectivity index (χ2n) is 5.49. The van der Waals surface area contributed by atoms with E-state index >= 15 is 0 Å². The summed E-state index contributed by atoms with van der Waals surface area (Å²) in [5.74, 6) is 0.660. The highest BCUT2D eigenvalue weighted by Crippen LogP contribution is 2.23. The second-order valence-corrected chi connectivity index (χ2v) is 5.49. The summed E-state index contributed by atoms with van der Waals surface area (Å²) in [5.41, 5.74) is 3.85. The van der Waals surface area contributed by atoms with Gasteiger partial charge in [0.1, 0.15) is 5.82 Å². The minimum atomic E-state index is 0.0177. The maximum absolute atomic E-state index is 12.4. The normalized spacial score (nSPS) is 14.5. The zero-order valence-electron chi connectivity index (χ0n) is 12.3. The third kappa shape index (κ3) is 2.90. The van der Waals surface area contributed by atoms with Crippen LogP contribution in [-0.2, 0) is 24.2 Å². The lowest BCUT2D eigenvalue weighted by Crippen LogP contribution is -2.18. The van der Waals surface area contributed by atoms with Crippen molar-refractivity contribution in [1.82, 2.24) is 9.97 Å². The van der Waals surface area contributed by atoms with E-state index in [0.29, 0.717) is 12.4 Å². The number of rotatable bonds is 3. The number of nitrogens with zero attached hydrogens (tertiary/aromatic N) is 1. The molecule has 0 saturated carbocycles. The van der Waals surface area contributed by atoms with E-state index in [1.165, 1.54) is 6.42 Å². The molecule has 1 aliphatic carbocycles. The van der Waals surface area contributed by atoms with E-state index in [0.717, 1.165) is 48.1 Å². The highest BCUT2D eigenvalue weighted by molar-refractivity contribution is 5.60. The number of aromatic nitrogens is 2. The van der Waals surface area contributed by atoms with Crippen molar-refractivity contribution in [1.29, 1.82) is 0 Å². The topological polar surface area (TPSA) is 55.0 Å². The van der Waals surface area contributed by atoms with Crippen molar-refractivity contribution in [2.75, 3.05) is 7.11 Å². The second kappa shape index (κ2) is 6.22. The van der Waals surface area contributed by atoms with Crippen LogP contribution in [0.4, 0.5) is 0 Å². The van der Waals surface area contributed by atoms with Gasteiger partial charge in [-0.15, -0.1) is 0 Å². The first-order chi connectivity index (χ1) is 10.3. The SMILES string of the molecule is COCc1ccccc1-c1nc2c(c(=O)[nH]1)CCCCC2. The zero-order valence-corrected chi connectivity index (χ0v) is 12.3. The minimum Gasteiger partial charge on any atom is -0.380 e. The van der Waals surface area contributed by atoms with Gasteiger partial charge in [0.15, 0.2) is 0 Å². The third-order valence-corrected chi connectivity index (χ3v) is 4.01. The van der Waals surface area contributed by atoms with Crippen molar-refractivity contribution < 1.29 is 4.74 Å². The average molecular weight is 284 g/mol. The maximum Gasteiger partial charge on any atom is 0.254 e. The van der Waals surface area contributed by atoms with Crippen molar-refractivity contribution in [2.45, 2.75) is 38.7 Å². The Balaban J connectivity index is 2.10. The van der Waals surface area contributed by atoms with Crippen molar-refractivity contribution >= 4 is 0 Å². The summed E-state index contributed by atoms with van der Waals surface area (Å²) in [6.45, 7) is 0.511. The van der Waals surface area contributed by atoms with Crippen molar-refractivity contribution in [3.63, 3.8) is 0 Å². The fraction of sp³-hybridized carbons (Fsp3) is 0.412. The van der Waals surface area contributed by atoms with Gasteiger partial charge in [0, 0.05) is 18.2 Å². The molecule has 0 bridgehead atoms. The fourth-order valence-corrected chi connectivity index (χ4v) is 2.94. The fourth-order valence-electron chi connectivity index (χ4n) is 2.94. The van der Waals surface area contributed by atoms with Gasteiger partial charge < -0.3 is 9.72 Å². The van der Waals surface area contributed by atoms with Crippen LogP contribution in [-0.4, -0.2) is 17.1 Å². The number of aryl methyl sites for hydroxylation is 1. The van der Waals surface area contributed by atoms with Gasteiger partial charge in [-0.25, -0.2) is 4.98 Å². The average Bonchev–Trinajstić information content (AvgIpc) is 2.74. The predicted octanol–water partition coefficient (Wildman–Crippen LogP) is 2.85. The molecule has 1 aromatic carbocycles. The summed E-state index contributed by atoms with van der Waals surface area (Å²) >= 11 is 0. The summed E-state index contributed by atoms with van der Waals surface area (Å²) < 4.78 is 5.23. The van der Waals surface area contributed by atoms with Crippen LogP contribution < -0.4 is 5.56 Å².